The molecule has 288 valence electrons. The van der Waals surface area contributed by atoms with Crippen LogP contribution < -0.4 is 14.5 Å². The number of oxazole rings is 1. The van der Waals surface area contributed by atoms with Gasteiger partial charge in [0.15, 0.2) is 17.1 Å². The van der Waals surface area contributed by atoms with Gasteiger partial charge in [-0.05, 0) is 91.9 Å². The van der Waals surface area contributed by atoms with Crippen LogP contribution in [0.25, 0.3) is 22.6 Å². The number of aromatic hydroxyl groups is 1. The minimum atomic E-state index is -1.54. The molecule has 5 aromatic carbocycles. The van der Waals surface area contributed by atoms with Crippen LogP contribution in [-0.2, 0) is 24.6 Å². The second-order valence-corrected chi connectivity index (χ2v) is 15.7. The number of para-hydroxylation sites is 3. The zero-order chi connectivity index (χ0) is 39.9. The van der Waals surface area contributed by atoms with Crippen molar-refractivity contribution in [1.29, 1.82) is 0 Å². The number of carbonyl (C=O) groups excluding carboxylic acids is 4. The summed E-state index contributed by atoms with van der Waals surface area (Å²) in [6, 6.07) is 35.5. The van der Waals surface area contributed by atoms with Gasteiger partial charge in [0, 0.05) is 22.1 Å². The third kappa shape index (κ3) is 5.14. The van der Waals surface area contributed by atoms with E-state index in [1.807, 2.05) is 67.6 Å². The lowest BCUT2D eigenvalue weighted by Crippen LogP contribution is -2.53. The molecule has 10 nitrogen and oxygen atoms in total. The van der Waals surface area contributed by atoms with E-state index in [4.69, 9.17) is 20.8 Å². The third-order valence-electron chi connectivity index (χ3n) is 12.5. The van der Waals surface area contributed by atoms with Crippen molar-refractivity contribution in [1.82, 2.24) is 4.98 Å². The number of fused-ring (bicyclic) bond motifs is 5. The number of hydrogen-bond acceptors (Lipinski definition) is 8. The molecule has 4 amide bonds. The molecule has 2 aliphatic heterocycles. The van der Waals surface area contributed by atoms with Gasteiger partial charge in [-0.3, -0.25) is 24.1 Å². The Morgan fingerprint density at radius 1 is 0.810 bits per heavy atom. The van der Waals surface area contributed by atoms with Crippen molar-refractivity contribution < 1.29 is 33.4 Å². The van der Waals surface area contributed by atoms with Crippen LogP contribution in [0.1, 0.15) is 36.8 Å². The number of rotatable bonds is 7. The summed E-state index contributed by atoms with van der Waals surface area (Å²) in [5.74, 6) is -5.10. The number of nitrogens with zero attached hydrogens (tertiary/aromatic N) is 3. The van der Waals surface area contributed by atoms with Crippen LogP contribution in [0.4, 0.5) is 11.4 Å². The first-order chi connectivity index (χ1) is 28.2. The molecule has 0 radical (unpaired) electrons. The van der Waals surface area contributed by atoms with Gasteiger partial charge in [-0.25, -0.2) is 9.88 Å². The van der Waals surface area contributed by atoms with Crippen LogP contribution in [-0.4, -0.2) is 40.3 Å². The van der Waals surface area contributed by atoms with Gasteiger partial charge in [-0.15, -0.1) is 0 Å². The predicted octanol–water partition coefficient (Wildman–Crippen LogP) is 8.62. The monoisotopic (exact) mass is 789 g/mol. The average Bonchev–Trinajstić information content (AvgIpc) is 3.86. The van der Waals surface area contributed by atoms with Crippen molar-refractivity contribution in [2.24, 2.45) is 23.7 Å². The summed E-state index contributed by atoms with van der Waals surface area (Å²) in [5.41, 5.74) is 2.99. The zero-order valence-corrected chi connectivity index (χ0v) is 32.0. The molecule has 4 aliphatic rings. The molecular weight excluding hydrogens is 754 g/mol. The Morgan fingerprint density at radius 3 is 2.33 bits per heavy atom. The molecule has 6 aromatic rings. The Balaban J connectivity index is 1.11. The number of allylic oxidation sites excluding steroid dienone is 2. The second kappa shape index (κ2) is 13.6. The molecule has 3 heterocycles. The molecule has 10 rings (SSSR count). The highest BCUT2D eigenvalue weighted by Gasteiger charge is 2.70. The Labute approximate surface area is 338 Å². The van der Waals surface area contributed by atoms with Gasteiger partial charge in [-0.2, -0.15) is 0 Å². The number of carbonyl (C=O) groups is 4. The Hall–Kier alpha value is -6.52. The SMILES string of the molecule is CCOc1cccc([C@H]2C3=CC[C@@H]4C(=O)N(c5ccc(-c6nc7ccccc7o6)cc5)C(=O)[C@@H]4[C@@H]3C[C@H]3C(=O)N(c4cccc(Cl)c4)C(=O)[C@@]23c2ccccc2)c1O. The molecule has 0 bridgehead atoms. The van der Waals surface area contributed by atoms with E-state index in [0.29, 0.717) is 44.6 Å². The van der Waals surface area contributed by atoms with Gasteiger partial charge in [0.05, 0.1) is 41.2 Å². The van der Waals surface area contributed by atoms with E-state index >= 15 is 9.59 Å². The average molecular weight is 790 g/mol. The molecular formula is C47H36ClN3O7. The number of halogens is 1. The van der Waals surface area contributed by atoms with E-state index in [1.54, 1.807) is 66.7 Å². The van der Waals surface area contributed by atoms with Crippen LogP contribution in [0.15, 0.2) is 137 Å². The van der Waals surface area contributed by atoms with E-state index in [-0.39, 0.29) is 42.8 Å². The normalized spacial score (nSPS) is 25.1. The molecule has 0 unspecified atom stereocenters. The number of phenolic OH excluding ortho intramolecular Hbond substituents is 1. The molecule has 3 fully saturated rings. The van der Waals surface area contributed by atoms with Gasteiger partial charge >= 0.3 is 0 Å². The molecule has 2 saturated heterocycles. The van der Waals surface area contributed by atoms with Crippen LogP contribution >= 0.6 is 11.6 Å². The number of anilines is 2. The van der Waals surface area contributed by atoms with Gasteiger partial charge in [0.1, 0.15) is 5.52 Å². The van der Waals surface area contributed by atoms with E-state index in [9.17, 15) is 14.7 Å². The number of aromatic nitrogens is 1. The van der Waals surface area contributed by atoms with Crippen molar-refractivity contribution in [2.45, 2.75) is 31.1 Å². The summed E-state index contributed by atoms with van der Waals surface area (Å²) < 4.78 is 11.8. The molecule has 1 aromatic heterocycles. The predicted molar refractivity (Wildman–Crippen MR) is 217 cm³/mol. The van der Waals surface area contributed by atoms with E-state index in [2.05, 4.69) is 4.98 Å². The summed E-state index contributed by atoms with van der Waals surface area (Å²) in [5, 5.41) is 12.4. The smallest absolute Gasteiger partial charge is 0.246 e. The van der Waals surface area contributed by atoms with Crippen LogP contribution in [0, 0.1) is 23.7 Å². The van der Waals surface area contributed by atoms with Gasteiger partial charge < -0.3 is 14.3 Å². The van der Waals surface area contributed by atoms with Crippen LogP contribution in [0.5, 0.6) is 11.5 Å². The molecule has 11 heteroatoms. The van der Waals surface area contributed by atoms with Crippen molar-refractivity contribution >= 4 is 57.7 Å². The lowest BCUT2D eigenvalue weighted by Gasteiger charge is -2.50. The van der Waals surface area contributed by atoms with Crippen molar-refractivity contribution in [3.8, 4) is 23.0 Å². The highest BCUT2D eigenvalue weighted by Crippen LogP contribution is 2.65. The topological polar surface area (TPSA) is 130 Å². The molecule has 58 heavy (non-hydrogen) atoms. The number of hydrogen-bond donors (Lipinski definition) is 1. The fourth-order valence-corrected chi connectivity index (χ4v) is 10.3. The first-order valence-corrected chi connectivity index (χ1v) is 19.8. The summed E-state index contributed by atoms with van der Waals surface area (Å²) in [4.78, 5) is 66.8. The number of amides is 4. The number of imide groups is 2. The summed E-state index contributed by atoms with van der Waals surface area (Å²) in [6.07, 6.45) is 2.32. The van der Waals surface area contributed by atoms with Crippen molar-refractivity contribution in [3.63, 3.8) is 0 Å². The summed E-state index contributed by atoms with van der Waals surface area (Å²) >= 11 is 6.44. The van der Waals surface area contributed by atoms with E-state index in [1.165, 1.54) is 9.80 Å². The van der Waals surface area contributed by atoms with Gasteiger partial charge in [0.2, 0.25) is 29.5 Å². The lowest BCUT2D eigenvalue weighted by atomic mass is 9.49. The van der Waals surface area contributed by atoms with Crippen molar-refractivity contribution in [2.75, 3.05) is 16.4 Å². The van der Waals surface area contributed by atoms with Crippen LogP contribution in [0.3, 0.4) is 0 Å². The lowest BCUT2D eigenvalue weighted by molar-refractivity contribution is -0.127. The maximum Gasteiger partial charge on any atom is 0.246 e. The molecule has 1 N–H and O–H groups in total. The van der Waals surface area contributed by atoms with Crippen molar-refractivity contribution in [3.05, 3.63) is 149 Å². The summed E-state index contributed by atoms with van der Waals surface area (Å²) in [7, 11) is 0. The van der Waals surface area contributed by atoms with E-state index in [0.717, 1.165) is 11.1 Å². The summed E-state index contributed by atoms with van der Waals surface area (Å²) in [6.45, 7) is 2.10. The minimum Gasteiger partial charge on any atom is -0.504 e. The number of ether oxygens (including phenoxy) is 1. The molecule has 6 atom stereocenters. The van der Waals surface area contributed by atoms with Crippen LogP contribution in [0.2, 0.25) is 5.02 Å². The molecule has 2 aliphatic carbocycles. The quantitative estimate of drug-likeness (QED) is 0.126. The Morgan fingerprint density at radius 2 is 1.57 bits per heavy atom. The number of phenols is 1. The first kappa shape index (κ1) is 35.9. The number of benzene rings is 5. The molecule has 1 saturated carbocycles. The standard InChI is InChI=1S/C47H36ClN3O7/c1-2-57-38-17-9-14-33(41(38)52)40-31-22-23-32-39(45(55)50(43(32)53)29-20-18-26(19-21-29)42-49-36-15-6-7-16-37(36)58-42)34(31)25-35-44(54)51(30-13-8-12-28(48)24-30)46(56)47(35,40)27-10-4-3-5-11-27/h3-22,24,32,34-35,39-40,52H,2,23,25H2,1H3/t32-,34+,35-,39-,40+,47+/m0/s1. The Bertz CT molecular complexity index is 2680. The second-order valence-electron chi connectivity index (χ2n) is 15.3. The molecule has 0 spiro atoms. The largest absolute Gasteiger partial charge is 0.504 e. The van der Waals surface area contributed by atoms with Gasteiger partial charge in [0.25, 0.3) is 0 Å². The minimum absolute atomic E-state index is 0.121. The fraction of sp³-hybridized carbons (Fsp3) is 0.213. The first-order valence-electron chi connectivity index (χ1n) is 19.4. The fourth-order valence-electron chi connectivity index (χ4n) is 10.1. The highest BCUT2D eigenvalue weighted by atomic mass is 35.5. The highest BCUT2D eigenvalue weighted by molar-refractivity contribution is 6.32. The Kier molecular flexibility index (Phi) is 8.38. The van der Waals surface area contributed by atoms with E-state index < -0.39 is 46.8 Å². The van der Waals surface area contributed by atoms with Gasteiger partial charge in [-0.1, -0.05) is 83.9 Å². The maximum atomic E-state index is 15.5. The zero-order valence-electron chi connectivity index (χ0n) is 31.2. The third-order valence-corrected chi connectivity index (χ3v) is 12.7. The maximum absolute atomic E-state index is 15.5.